The van der Waals surface area contributed by atoms with Crippen LogP contribution in [0.2, 0.25) is 5.02 Å². The van der Waals surface area contributed by atoms with Crippen molar-refractivity contribution in [2.45, 2.75) is 25.8 Å². The molecule has 0 bridgehead atoms. The lowest BCUT2D eigenvalue weighted by atomic mass is 9.98. The Labute approximate surface area is 164 Å². The molecular formula is C21H24ClN3O2. The van der Waals surface area contributed by atoms with E-state index in [2.05, 4.69) is 40.8 Å². The number of nitrogens with one attached hydrogen (secondary N) is 2. The van der Waals surface area contributed by atoms with Gasteiger partial charge in [0.2, 0.25) is 0 Å². The Hall–Kier alpha value is -2.53. The van der Waals surface area contributed by atoms with Gasteiger partial charge in [-0.05, 0) is 54.2 Å². The van der Waals surface area contributed by atoms with Crippen LogP contribution in [0.5, 0.6) is 0 Å². The number of hydrogen-bond acceptors (Lipinski definition) is 3. The fourth-order valence-electron chi connectivity index (χ4n) is 3.26. The monoisotopic (exact) mass is 385 g/mol. The third kappa shape index (κ3) is 5.23. The van der Waals surface area contributed by atoms with Crippen LogP contribution in [0.15, 0.2) is 42.5 Å². The summed E-state index contributed by atoms with van der Waals surface area (Å²) < 4.78 is 0. The lowest BCUT2D eigenvalue weighted by Gasteiger charge is -2.27. The molecule has 142 valence electrons. The van der Waals surface area contributed by atoms with Crippen molar-refractivity contribution in [3.05, 3.63) is 64.2 Å². The van der Waals surface area contributed by atoms with Gasteiger partial charge < -0.3 is 15.5 Å². The van der Waals surface area contributed by atoms with E-state index in [9.17, 15) is 9.59 Å². The van der Waals surface area contributed by atoms with Crippen molar-refractivity contribution in [2.24, 2.45) is 0 Å². The zero-order valence-corrected chi connectivity index (χ0v) is 16.2. The highest BCUT2D eigenvalue weighted by atomic mass is 35.5. The molecule has 0 aromatic heterocycles. The van der Waals surface area contributed by atoms with E-state index < -0.39 is 11.8 Å². The Balaban J connectivity index is 1.43. The third-order valence-corrected chi connectivity index (χ3v) is 5.02. The van der Waals surface area contributed by atoms with E-state index >= 15 is 0 Å². The third-order valence-electron chi connectivity index (χ3n) is 4.77. The number of carbonyl (C=O) groups is 2. The second kappa shape index (κ2) is 8.91. The Morgan fingerprint density at radius 1 is 1.04 bits per heavy atom. The number of halogens is 1. The minimum atomic E-state index is -0.628. The molecule has 0 unspecified atom stereocenters. The van der Waals surface area contributed by atoms with Gasteiger partial charge in [0.05, 0.1) is 0 Å². The second-order valence-electron chi connectivity index (χ2n) is 6.80. The van der Waals surface area contributed by atoms with Crippen molar-refractivity contribution in [1.82, 2.24) is 10.6 Å². The molecule has 2 amide bonds. The lowest BCUT2D eigenvalue weighted by molar-refractivity contribution is -0.139. The van der Waals surface area contributed by atoms with Crippen molar-refractivity contribution in [3.63, 3.8) is 0 Å². The highest BCUT2D eigenvalue weighted by Gasteiger charge is 2.15. The number of carbonyl (C=O) groups excluding carboxylic acids is 2. The molecule has 1 aliphatic rings. The summed E-state index contributed by atoms with van der Waals surface area (Å²) in [6.07, 6.45) is 2.96. The second-order valence-corrected chi connectivity index (χ2v) is 7.24. The van der Waals surface area contributed by atoms with Crippen LogP contribution >= 0.6 is 11.6 Å². The van der Waals surface area contributed by atoms with Gasteiger partial charge in [0, 0.05) is 37.4 Å². The van der Waals surface area contributed by atoms with Crippen molar-refractivity contribution in [3.8, 4) is 0 Å². The Bertz CT molecular complexity index is 821. The summed E-state index contributed by atoms with van der Waals surface area (Å²) in [6.45, 7) is 1.82. The predicted octanol–water partition coefficient (Wildman–Crippen LogP) is 2.70. The fourth-order valence-corrected chi connectivity index (χ4v) is 3.39. The van der Waals surface area contributed by atoms with Crippen LogP contribution < -0.4 is 15.5 Å². The summed E-state index contributed by atoms with van der Waals surface area (Å²) in [6, 6.07) is 13.6. The van der Waals surface area contributed by atoms with Crippen LogP contribution in [0.3, 0.4) is 0 Å². The minimum absolute atomic E-state index is 0.293. The molecule has 3 rings (SSSR count). The molecule has 1 heterocycles. The quantitative estimate of drug-likeness (QED) is 0.778. The van der Waals surface area contributed by atoms with Crippen LogP contribution in [0.1, 0.15) is 23.1 Å². The van der Waals surface area contributed by atoms with Crippen LogP contribution in [0, 0.1) is 0 Å². The van der Waals surface area contributed by atoms with Crippen LogP contribution in [-0.4, -0.2) is 32.0 Å². The van der Waals surface area contributed by atoms with Crippen LogP contribution in [0.4, 0.5) is 5.69 Å². The fraction of sp³-hybridized carbons (Fsp3) is 0.333. The van der Waals surface area contributed by atoms with Gasteiger partial charge in [-0.15, -0.1) is 0 Å². The molecule has 2 aromatic carbocycles. The van der Waals surface area contributed by atoms with E-state index in [1.807, 2.05) is 12.1 Å². The van der Waals surface area contributed by atoms with Gasteiger partial charge in [-0.1, -0.05) is 35.9 Å². The maximum atomic E-state index is 11.9. The zero-order chi connectivity index (χ0) is 19.2. The molecule has 0 spiro atoms. The van der Waals surface area contributed by atoms with Gasteiger partial charge in [0.1, 0.15) is 0 Å². The van der Waals surface area contributed by atoms with Crippen LogP contribution in [0.25, 0.3) is 0 Å². The molecule has 0 aliphatic carbocycles. The summed E-state index contributed by atoms with van der Waals surface area (Å²) in [5, 5.41) is 5.93. The molecule has 0 fully saturated rings. The van der Waals surface area contributed by atoms with E-state index in [0.29, 0.717) is 24.5 Å². The van der Waals surface area contributed by atoms with Gasteiger partial charge in [-0.2, -0.15) is 0 Å². The number of rotatable bonds is 5. The van der Waals surface area contributed by atoms with Crippen LogP contribution in [-0.2, 0) is 29.0 Å². The number of nitrogens with zero attached hydrogens (tertiary/aromatic N) is 1. The molecule has 6 heteroatoms. The molecule has 0 radical (unpaired) electrons. The first-order valence-corrected chi connectivity index (χ1v) is 9.54. The number of aryl methyl sites for hydroxylation is 1. The average molecular weight is 386 g/mol. The van der Waals surface area contributed by atoms with Crippen molar-refractivity contribution in [1.29, 1.82) is 0 Å². The SMILES string of the molecule is CN1CCCc2cc(CCNC(=O)C(=O)NCc3ccc(Cl)cc3)ccc21. The summed E-state index contributed by atoms with van der Waals surface area (Å²) in [4.78, 5) is 26.1. The standard InChI is InChI=1S/C21H24ClN3O2/c1-25-12-2-3-17-13-15(6-9-19(17)25)10-11-23-20(26)21(27)24-14-16-4-7-18(22)8-5-16/h4-9,13H,2-3,10-12,14H2,1H3,(H,23,26)(H,24,27). The van der Waals surface area contributed by atoms with E-state index in [4.69, 9.17) is 11.6 Å². The lowest BCUT2D eigenvalue weighted by Crippen LogP contribution is -2.40. The van der Waals surface area contributed by atoms with Crippen molar-refractivity contribution < 1.29 is 9.59 Å². The topological polar surface area (TPSA) is 61.4 Å². The minimum Gasteiger partial charge on any atom is -0.374 e. The van der Waals surface area contributed by atoms with E-state index in [1.54, 1.807) is 12.1 Å². The largest absolute Gasteiger partial charge is 0.374 e. The highest BCUT2D eigenvalue weighted by molar-refractivity contribution is 6.35. The normalized spacial score (nSPS) is 13.0. The number of anilines is 1. The molecule has 5 nitrogen and oxygen atoms in total. The predicted molar refractivity (Wildman–Crippen MR) is 108 cm³/mol. The molecule has 27 heavy (non-hydrogen) atoms. The summed E-state index contributed by atoms with van der Waals surface area (Å²) in [7, 11) is 2.11. The van der Waals surface area contributed by atoms with Gasteiger partial charge in [-0.3, -0.25) is 9.59 Å². The highest BCUT2D eigenvalue weighted by Crippen LogP contribution is 2.26. The first-order valence-electron chi connectivity index (χ1n) is 9.16. The number of hydrogen-bond donors (Lipinski definition) is 2. The Morgan fingerprint density at radius 3 is 2.52 bits per heavy atom. The Kier molecular flexibility index (Phi) is 6.35. The first kappa shape index (κ1) is 19.2. The van der Waals surface area contributed by atoms with Gasteiger partial charge in [-0.25, -0.2) is 0 Å². The van der Waals surface area contributed by atoms with E-state index in [-0.39, 0.29) is 0 Å². The summed E-state index contributed by atoms with van der Waals surface area (Å²) >= 11 is 5.82. The summed E-state index contributed by atoms with van der Waals surface area (Å²) in [5.41, 5.74) is 4.70. The van der Waals surface area contributed by atoms with Gasteiger partial charge in [0.25, 0.3) is 0 Å². The summed E-state index contributed by atoms with van der Waals surface area (Å²) in [5.74, 6) is -1.24. The van der Waals surface area contributed by atoms with Gasteiger partial charge >= 0.3 is 11.8 Å². The van der Waals surface area contributed by atoms with Crippen molar-refractivity contribution >= 4 is 29.1 Å². The van der Waals surface area contributed by atoms with Crippen molar-refractivity contribution in [2.75, 3.05) is 25.0 Å². The number of fused-ring (bicyclic) bond motifs is 1. The average Bonchev–Trinajstić information content (AvgIpc) is 2.67. The zero-order valence-electron chi connectivity index (χ0n) is 15.4. The maximum absolute atomic E-state index is 11.9. The number of benzene rings is 2. The molecule has 2 aromatic rings. The molecule has 2 N–H and O–H groups in total. The molecular weight excluding hydrogens is 362 g/mol. The number of amides is 2. The maximum Gasteiger partial charge on any atom is 0.309 e. The van der Waals surface area contributed by atoms with Gasteiger partial charge in [0.15, 0.2) is 0 Å². The molecule has 0 atom stereocenters. The smallest absolute Gasteiger partial charge is 0.309 e. The Morgan fingerprint density at radius 2 is 1.74 bits per heavy atom. The molecule has 0 saturated heterocycles. The molecule has 0 saturated carbocycles. The first-order chi connectivity index (χ1) is 13.0. The van der Waals surface area contributed by atoms with E-state index in [0.717, 1.165) is 24.9 Å². The van der Waals surface area contributed by atoms with E-state index in [1.165, 1.54) is 16.8 Å². The molecule has 1 aliphatic heterocycles.